The van der Waals surface area contributed by atoms with Gasteiger partial charge in [0.15, 0.2) is 0 Å². The minimum Gasteiger partial charge on any atom is -0.399 e. The van der Waals surface area contributed by atoms with E-state index in [1.54, 1.807) is 18.2 Å². The number of benzene rings is 2. The molecule has 0 aliphatic rings. The monoisotopic (exact) mass is 289 g/mol. The minimum atomic E-state index is -0.501. The van der Waals surface area contributed by atoms with Gasteiger partial charge in [0.25, 0.3) is 5.91 Å². The number of primary amides is 1. The van der Waals surface area contributed by atoms with Crippen molar-refractivity contribution in [2.24, 2.45) is 5.73 Å². The summed E-state index contributed by atoms with van der Waals surface area (Å²) in [5.41, 5.74) is 13.6. The number of rotatable bonds is 4. The Balaban J connectivity index is 2.32. The number of nitrogens with one attached hydrogen (secondary N) is 1. The second-order valence-electron chi connectivity index (χ2n) is 4.56. The Morgan fingerprint density at radius 1 is 1.25 bits per heavy atom. The van der Waals surface area contributed by atoms with Crippen molar-refractivity contribution in [3.63, 3.8) is 0 Å². The van der Waals surface area contributed by atoms with Gasteiger partial charge in [0.1, 0.15) is 0 Å². The molecule has 0 aliphatic carbocycles. The highest BCUT2D eigenvalue weighted by Gasteiger charge is 2.13. The van der Waals surface area contributed by atoms with E-state index < -0.39 is 5.91 Å². The molecule has 5 heteroatoms. The minimum absolute atomic E-state index is 0.0800. The van der Waals surface area contributed by atoms with Gasteiger partial charge in [-0.25, -0.2) is 0 Å². The number of hydrogen-bond acceptors (Lipinski definition) is 3. The van der Waals surface area contributed by atoms with Crippen LogP contribution in [0.25, 0.3) is 0 Å². The molecule has 4 nitrogen and oxygen atoms in total. The quantitative estimate of drug-likeness (QED) is 0.756. The van der Waals surface area contributed by atoms with Gasteiger partial charge in [-0.15, -0.1) is 0 Å². The molecule has 5 N–H and O–H groups in total. The summed E-state index contributed by atoms with van der Waals surface area (Å²) in [6.45, 7) is 1.95. The molecule has 1 atom stereocenters. The van der Waals surface area contributed by atoms with Crippen molar-refractivity contribution in [1.29, 1.82) is 0 Å². The lowest BCUT2D eigenvalue weighted by Gasteiger charge is -2.19. The third-order valence-electron chi connectivity index (χ3n) is 3.05. The summed E-state index contributed by atoms with van der Waals surface area (Å²) >= 11 is 6.16. The maximum atomic E-state index is 11.4. The van der Waals surface area contributed by atoms with Gasteiger partial charge < -0.3 is 16.8 Å². The van der Waals surface area contributed by atoms with Crippen LogP contribution < -0.4 is 16.8 Å². The number of anilines is 2. The summed E-state index contributed by atoms with van der Waals surface area (Å²) in [5, 5.41) is 3.89. The van der Waals surface area contributed by atoms with Crippen LogP contribution in [0.4, 0.5) is 11.4 Å². The first kappa shape index (κ1) is 14.2. The molecule has 2 rings (SSSR count). The molecular formula is C15H16ClN3O. The third kappa shape index (κ3) is 3.03. The van der Waals surface area contributed by atoms with Crippen LogP contribution in [0.15, 0.2) is 42.5 Å². The normalized spacial score (nSPS) is 11.9. The molecule has 0 aliphatic heterocycles. The van der Waals surface area contributed by atoms with Crippen LogP contribution in [-0.2, 0) is 0 Å². The van der Waals surface area contributed by atoms with E-state index in [0.717, 1.165) is 5.56 Å². The zero-order valence-electron chi connectivity index (χ0n) is 11.1. The highest BCUT2D eigenvalue weighted by atomic mass is 35.5. The first-order chi connectivity index (χ1) is 9.49. The Hall–Kier alpha value is -2.20. The largest absolute Gasteiger partial charge is 0.399 e. The van der Waals surface area contributed by atoms with Crippen LogP contribution >= 0.6 is 11.6 Å². The number of carbonyl (C=O) groups excluding carboxylic acids is 1. The Bertz CT molecular complexity index is 643. The van der Waals surface area contributed by atoms with E-state index in [9.17, 15) is 4.79 Å². The summed E-state index contributed by atoms with van der Waals surface area (Å²) in [7, 11) is 0. The molecule has 0 bridgehead atoms. The molecule has 0 heterocycles. The number of nitrogen functional groups attached to an aromatic ring is 1. The van der Waals surface area contributed by atoms with Crippen molar-refractivity contribution in [3.05, 3.63) is 58.6 Å². The first-order valence-electron chi connectivity index (χ1n) is 6.19. The van der Waals surface area contributed by atoms with Gasteiger partial charge in [0.2, 0.25) is 0 Å². The first-order valence-corrected chi connectivity index (χ1v) is 6.57. The topological polar surface area (TPSA) is 81.1 Å². The van der Waals surface area contributed by atoms with E-state index in [0.29, 0.717) is 22.0 Å². The van der Waals surface area contributed by atoms with Gasteiger partial charge in [-0.2, -0.15) is 0 Å². The van der Waals surface area contributed by atoms with Gasteiger partial charge in [-0.3, -0.25) is 4.79 Å². The molecule has 0 spiro atoms. The van der Waals surface area contributed by atoms with E-state index in [4.69, 9.17) is 23.1 Å². The summed E-state index contributed by atoms with van der Waals surface area (Å²) in [6, 6.07) is 12.4. The van der Waals surface area contributed by atoms with Crippen molar-refractivity contribution in [1.82, 2.24) is 0 Å². The summed E-state index contributed by atoms with van der Waals surface area (Å²) in [5.74, 6) is -0.501. The number of halogens is 1. The van der Waals surface area contributed by atoms with Crippen LogP contribution in [0.5, 0.6) is 0 Å². The fourth-order valence-electron chi connectivity index (χ4n) is 2.03. The lowest BCUT2D eigenvalue weighted by molar-refractivity contribution is 0.100. The van der Waals surface area contributed by atoms with Crippen LogP contribution in [0.3, 0.4) is 0 Å². The Morgan fingerprint density at radius 3 is 2.60 bits per heavy atom. The SMILES string of the molecule is CC(Nc1cc(N)ccc1C(N)=O)c1ccccc1Cl. The smallest absolute Gasteiger partial charge is 0.250 e. The molecular weight excluding hydrogens is 274 g/mol. The maximum absolute atomic E-state index is 11.4. The second kappa shape index (κ2) is 5.84. The van der Waals surface area contributed by atoms with Crippen LogP contribution in [0.2, 0.25) is 5.02 Å². The van der Waals surface area contributed by atoms with Gasteiger partial charge in [0, 0.05) is 16.4 Å². The molecule has 0 fully saturated rings. The average molecular weight is 290 g/mol. The number of carbonyl (C=O) groups is 1. The molecule has 0 aromatic heterocycles. The van der Waals surface area contributed by atoms with Crippen molar-refractivity contribution < 1.29 is 4.79 Å². The van der Waals surface area contributed by atoms with Crippen molar-refractivity contribution in [2.45, 2.75) is 13.0 Å². The Kier molecular flexibility index (Phi) is 4.15. The Morgan fingerprint density at radius 2 is 1.95 bits per heavy atom. The highest BCUT2D eigenvalue weighted by Crippen LogP contribution is 2.28. The van der Waals surface area contributed by atoms with Crippen molar-refractivity contribution in [2.75, 3.05) is 11.1 Å². The standard InChI is InChI=1S/C15H16ClN3O/c1-9(11-4-2-3-5-13(11)16)19-14-8-10(17)6-7-12(14)15(18)20/h2-9,19H,17H2,1H3,(H2,18,20). The Labute approximate surface area is 122 Å². The average Bonchev–Trinajstić information content (AvgIpc) is 2.38. The fourth-order valence-corrected chi connectivity index (χ4v) is 2.33. The zero-order valence-corrected chi connectivity index (χ0v) is 11.8. The molecule has 0 saturated heterocycles. The van der Waals surface area contributed by atoms with Crippen LogP contribution in [0, 0.1) is 0 Å². The van der Waals surface area contributed by atoms with E-state index in [2.05, 4.69) is 5.32 Å². The fraction of sp³-hybridized carbons (Fsp3) is 0.133. The molecule has 104 valence electrons. The predicted molar refractivity (Wildman–Crippen MR) is 82.9 cm³/mol. The molecule has 1 unspecified atom stereocenters. The summed E-state index contributed by atoms with van der Waals surface area (Å²) in [4.78, 5) is 11.4. The number of hydrogen-bond donors (Lipinski definition) is 3. The van der Waals surface area contributed by atoms with Gasteiger partial charge in [0.05, 0.1) is 11.6 Å². The summed E-state index contributed by atoms with van der Waals surface area (Å²) < 4.78 is 0. The third-order valence-corrected chi connectivity index (χ3v) is 3.40. The molecule has 2 aromatic rings. The molecule has 0 saturated carbocycles. The summed E-state index contributed by atoms with van der Waals surface area (Å²) in [6.07, 6.45) is 0. The molecule has 2 aromatic carbocycles. The number of nitrogens with two attached hydrogens (primary N) is 2. The van der Waals surface area contributed by atoms with Gasteiger partial charge >= 0.3 is 0 Å². The molecule has 1 amide bonds. The lowest BCUT2D eigenvalue weighted by Crippen LogP contribution is -2.16. The predicted octanol–water partition coefficient (Wildman–Crippen LogP) is 3.19. The number of amides is 1. The molecule has 0 radical (unpaired) electrons. The van der Waals surface area contributed by atoms with E-state index in [1.165, 1.54) is 0 Å². The van der Waals surface area contributed by atoms with Crippen LogP contribution in [0.1, 0.15) is 28.9 Å². The van der Waals surface area contributed by atoms with Gasteiger partial charge in [-0.05, 0) is 36.8 Å². The van der Waals surface area contributed by atoms with E-state index in [1.807, 2.05) is 31.2 Å². The van der Waals surface area contributed by atoms with Crippen LogP contribution in [-0.4, -0.2) is 5.91 Å². The van der Waals surface area contributed by atoms with E-state index >= 15 is 0 Å². The van der Waals surface area contributed by atoms with Gasteiger partial charge in [-0.1, -0.05) is 29.8 Å². The van der Waals surface area contributed by atoms with E-state index in [-0.39, 0.29) is 6.04 Å². The zero-order chi connectivity index (χ0) is 14.7. The van der Waals surface area contributed by atoms with Crippen molar-refractivity contribution >= 4 is 28.9 Å². The maximum Gasteiger partial charge on any atom is 0.250 e. The lowest BCUT2D eigenvalue weighted by atomic mass is 10.1. The highest BCUT2D eigenvalue weighted by molar-refractivity contribution is 6.31. The van der Waals surface area contributed by atoms with Crippen molar-refractivity contribution in [3.8, 4) is 0 Å². The second-order valence-corrected chi connectivity index (χ2v) is 4.96. The molecule has 20 heavy (non-hydrogen) atoms.